The Labute approximate surface area is 78.8 Å². The average molecular weight is 196 g/mol. The molecule has 1 N–H and O–H groups in total. The second kappa shape index (κ2) is 3.27. The molecule has 0 bridgehead atoms. The minimum atomic E-state index is -0.0673. The molecule has 2 rings (SSSR count). The molecule has 0 amide bonds. The van der Waals surface area contributed by atoms with Crippen LogP contribution >= 0.6 is 11.3 Å². The van der Waals surface area contributed by atoms with Crippen molar-refractivity contribution < 1.29 is 9.63 Å². The summed E-state index contributed by atoms with van der Waals surface area (Å²) < 4.78 is 5.06. The second-order valence-corrected chi connectivity index (χ2v) is 3.33. The molecule has 4 nitrogen and oxygen atoms in total. The molecule has 0 radical (unpaired) electrons. The van der Waals surface area contributed by atoms with Crippen molar-refractivity contribution in [3.8, 4) is 11.5 Å². The maximum absolute atomic E-state index is 9.06. The van der Waals surface area contributed by atoms with Crippen LogP contribution in [-0.2, 0) is 6.61 Å². The molecule has 0 aliphatic heterocycles. The van der Waals surface area contributed by atoms with Crippen LogP contribution < -0.4 is 0 Å². The first-order valence-corrected chi connectivity index (χ1v) is 4.71. The third-order valence-electron chi connectivity index (χ3n) is 1.81. The van der Waals surface area contributed by atoms with Crippen LogP contribution in [0.25, 0.3) is 11.5 Å². The summed E-state index contributed by atoms with van der Waals surface area (Å²) in [6.07, 6.45) is 0. The first kappa shape index (κ1) is 8.40. The number of hydrogen-bond acceptors (Lipinski definition) is 5. The van der Waals surface area contributed by atoms with Crippen LogP contribution in [0.4, 0.5) is 0 Å². The van der Waals surface area contributed by atoms with Gasteiger partial charge in [0.2, 0.25) is 0 Å². The Morgan fingerprint density at radius 2 is 2.46 bits per heavy atom. The summed E-state index contributed by atoms with van der Waals surface area (Å²) in [7, 11) is 0. The number of aromatic nitrogens is 2. The van der Waals surface area contributed by atoms with Crippen LogP contribution in [0.3, 0.4) is 0 Å². The van der Waals surface area contributed by atoms with Crippen LogP contribution in [0, 0.1) is 6.92 Å². The van der Waals surface area contributed by atoms with E-state index in [1.165, 1.54) is 11.3 Å². The maximum Gasteiger partial charge on any atom is 0.191 e. The number of thiazole rings is 1. The predicted molar refractivity (Wildman–Crippen MR) is 48.3 cm³/mol. The Hall–Kier alpha value is -1.20. The first-order valence-electron chi connectivity index (χ1n) is 3.77. The highest BCUT2D eigenvalue weighted by Crippen LogP contribution is 2.25. The summed E-state index contributed by atoms with van der Waals surface area (Å²) in [5.74, 6) is 0.571. The van der Waals surface area contributed by atoms with E-state index in [2.05, 4.69) is 10.1 Å². The zero-order valence-corrected chi connectivity index (χ0v) is 7.84. The smallest absolute Gasteiger partial charge is 0.191 e. The summed E-state index contributed by atoms with van der Waals surface area (Å²) in [6, 6.07) is 0. The van der Waals surface area contributed by atoms with Crippen LogP contribution in [0.15, 0.2) is 15.4 Å². The molecule has 0 spiro atoms. The lowest BCUT2D eigenvalue weighted by Crippen LogP contribution is -1.87. The fraction of sp³-hybridized carbons (Fsp3) is 0.250. The van der Waals surface area contributed by atoms with Crippen molar-refractivity contribution in [2.24, 2.45) is 0 Å². The number of aliphatic hydroxyl groups is 1. The van der Waals surface area contributed by atoms with Gasteiger partial charge < -0.3 is 9.63 Å². The van der Waals surface area contributed by atoms with Crippen molar-refractivity contribution in [2.45, 2.75) is 13.5 Å². The number of rotatable bonds is 2. The van der Waals surface area contributed by atoms with Crippen molar-refractivity contribution >= 4 is 11.3 Å². The molecule has 0 saturated heterocycles. The number of aryl methyl sites for hydroxylation is 1. The van der Waals surface area contributed by atoms with E-state index in [0.717, 1.165) is 5.69 Å². The fourth-order valence-electron chi connectivity index (χ4n) is 1.10. The van der Waals surface area contributed by atoms with Crippen molar-refractivity contribution in [2.75, 3.05) is 0 Å². The first-order chi connectivity index (χ1) is 6.33. The highest BCUT2D eigenvalue weighted by Gasteiger charge is 2.14. The van der Waals surface area contributed by atoms with Gasteiger partial charge in [0.25, 0.3) is 0 Å². The summed E-state index contributed by atoms with van der Waals surface area (Å²) in [5, 5.41) is 14.7. The highest BCUT2D eigenvalue weighted by atomic mass is 32.1. The van der Waals surface area contributed by atoms with Crippen LogP contribution in [0.2, 0.25) is 0 Å². The van der Waals surface area contributed by atoms with Crippen molar-refractivity contribution in [3.05, 3.63) is 22.1 Å². The molecule has 0 atom stereocenters. The molecule has 0 aliphatic rings. The number of nitrogens with zero attached hydrogens (tertiary/aromatic N) is 2. The van der Waals surface area contributed by atoms with Crippen molar-refractivity contribution in [3.63, 3.8) is 0 Å². The Morgan fingerprint density at radius 1 is 1.62 bits per heavy atom. The molecule has 2 heterocycles. The normalized spacial score (nSPS) is 10.6. The molecule has 2 aromatic heterocycles. The number of hydrogen-bond donors (Lipinski definition) is 1. The second-order valence-electron chi connectivity index (χ2n) is 2.61. The third kappa shape index (κ3) is 1.36. The van der Waals surface area contributed by atoms with Crippen molar-refractivity contribution in [1.82, 2.24) is 10.1 Å². The molecule has 0 aliphatic carbocycles. The molecule has 0 fully saturated rings. The summed E-state index contributed by atoms with van der Waals surface area (Å²) in [6.45, 7) is 1.73. The molecule has 5 heteroatoms. The van der Waals surface area contributed by atoms with E-state index in [4.69, 9.17) is 9.63 Å². The lowest BCUT2D eigenvalue weighted by molar-refractivity contribution is 0.280. The minimum Gasteiger partial charge on any atom is -0.391 e. The van der Waals surface area contributed by atoms with Gasteiger partial charge in [-0.3, -0.25) is 0 Å². The van der Waals surface area contributed by atoms with Gasteiger partial charge in [0, 0.05) is 10.9 Å². The molecule has 0 saturated carbocycles. The van der Waals surface area contributed by atoms with Gasteiger partial charge in [-0.1, -0.05) is 5.16 Å². The zero-order chi connectivity index (χ0) is 9.26. The standard InChI is InChI=1S/C8H8N2O2S/c1-5-6(2-11)8(12-10-5)7-3-13-4-9-7/h3-4,11H,2H2,1H3. The van der Waals surface area contributed by atoms with Gasteiger partial charge in [-0.15, -0.1) is 11.3 Å². The van der Waals surface area contributed by atoms with Gasteiger partial charge in [-0.25, -0.2) is 4.98 Å². The SMILES string of the molecule is Cc1noc(-c2cscn2)c1CO. The lowest BCUT2D eigenvalue weighted by atomic mass is 10.2. The number of aliphatic hydroxyl groups excluding tert-OH is 1. The molecule has 0 aromatic carbocycles. The fourth-order valence-corrected chi connectivity index (χ4v) is 1.63. The predicted octanol–water partition coefficient (Wildman–Crippen LogP) is 1.60. The molecule has 0 unspecified atom stereocenters. The monoisotopic (exact) mass is 196 g/mol. The zero-order valence-electron chi connectivity index (χ0n) is 7.02. The molecular weight excluding hydrogens is 188 g/mol. The summed E-state index contributed by atoms with van der Waals surface area (Å²) in [4.78, 5) is 4.08. The Balaban J connectivity index is 2.52. The largest absolute Gasteiger partial charge is 0.391 e. The maximum atomic E-state index is 9.06. The van der Waals surface area contributed by atoms with Crippen molar-refractivity contribution in [1.29, 1.82) is 0 Å². The topological polar surface area (TPSA) is 59.2 Å². The van der Waals surface area contributed by atoms with E-state index >= 15 is 0 Å². The minimum absolute atomic E-state index is 0.0673. The average Bonchev–Trinajstić information content (AvgIpc) is 2.71. The molecule has 68 valence electrons. The van der Waals surface area contributed by atoms with E-state index in [9.17, 15) is 0 Å². The van der Waals surface area contributed by atoms with Gasteiger partial charge in [0.1, 0.15) is 5.69 Å². The van der Waals surface area contributed by atoms with Gasteiger partial charge >= 0.3 is 0 Å². The van der Waals surface area contributed by atoms with Gasteiger partial charge in [0.15, 0.2) is 5.76 Å². The lowest BCUT2D eigenvalue weighted by Gasteiger charge is -1.92. The summed E-state index contributed by atoms with van der Waals surface area (Å²) >= 11 is 1.48. The highest BCUT2D eigenvalue weighted by molar-refractivity contribution is 7.07. The van der Waals surface area contributed by atoms with Gasteiger partial charge in [0.05, 0.1) is 17.8 Å². The molecular formula is C8H8N2O2S. The van der Waals surface area contributed by atoms with Gasteiger partial charge in [-0.2, -0.15) is 0 Å². The van der Waals surface area contributed by atoms with E-state index in [1.807, 2.05) is 5.38 Å². The Bertz CT molecular complexity index is 394. The van der Waals surface area contributed by atoms with E-state index in [0.29, 0.717) is 17.0 Å². The quantitative estimate of drug-likeness (QED) is 0.792. The van der Waals surface area contributed by atoms with E-state index in [1.54, 1.807) is 12.4 Å². The Morgan fingerprint density at radius 3 is 3.08 bits per heavy atom. The molecule has 2 aromatic rings. The summed E-state index contributed by atoms with van der Waals surface area (Å²) in [5.41, 5.74) is 3.87. The van der Waals surface area contributed by atoms with Crippen LogP contribution in [-0.4, -0.2) is 15.2 Å². The van der Waals surface area contributed by atoms with E-state index < -0.39 is 0 Å². The van der Waals surface area contributed by atoms with Crippen LogP contribution in [0.1, 0.15) is 11.3 Å². The van der Waals surface area contributed by atoms with Gasteiger partial charge in [-0.05, 0) is 6.92 Å². The Kier molecular flexibility index (Phi) is 2.12. The third-order valence-corrected chi connectivity index (χ3v) is 2.39. The van der Waals surface area contributed by atoms with E-state index in [-0.39, 0.29) is 6.61 Å². The molecule has 13 heavy (non-hydrogen) atoms. The van der Waals surface area contributed by atoms with Crippen LogP contribution in [0.5, 0.6) is 0 Å².